The minimum atomic E-state index is -0.00880. The van der Waals surface area contributed by atoms with Gasteiger partial charge >= 0.3 is 0 Å². The number of carbonyl (C=O) groups is 1. The van der Waals surface area contributed by atoms with Gasteiger partial charge in [0.2, 0.25) is 0 Å². The van der Waals surface area contributed by atoms with E-state index < -0.39 is 0 Å². The molecule has 0 spiro atoms. The zero-order valence-electron chi connectivity index (χ0n) is 9.21. The zero-order valence-corrected chi connectivity index (χ0v) is 10.8. The number of hydrogen-bond acceptors (Lipinski definition) is 3. The molecule has 84 valence electrons. The number of carbonyl (C=O) groups excluding carboxylic acids is 1. The van der Waals surface area contributed by atoms with Crippen molar-refractivity contribution in [1.29, 1.82) is 0 Å². The molecule has 0 aliphatic carbocycles. The van der Waals surface area contributed by atoms with Gasteiger partial charge in [0.05, 0.1) is 5.56 Å². The fraction of sp³-hybridized carbons (Fsp3) is 0.333. The van der Waals surface area contributed by atoms with Gasteiger partial charge in [-0.15, -0.1) is 0 Å². The summed E-state index contributed by atoms with van der Waals surface area (Å²) in [6, 6.07) is 3.63. The largest absolute Gasteiger partial charge is 0.440 e. The normalized spacial score (nSPS) is 10.9. The summed E-state index contributed by atoms with van der Waals surface area (Å²) in [5.41, 5.74) is 1.92. The van der Waals surface area contributed by atoms with Crippen LogP contribution in [0.2, 0.25) is 0 Å². The predicted molar refractivity (Wildman–Crippen MR) is 65.7 cm³/mol. The van der Waals surface area contributed by atoms with Gasteiger partial charge in [-0.05, 0) is 25.5 Å². The van der Waals surface area contributed by atoms with Gasteiger partial charge < -0.3 is 4.42 Å². The average molecular weight is 282 g/mol. The van der Waals surface area contributed by atoms with Crippen LogP contribution in [0.3, 0.4) is 0 Å². The number of fused-ring (bicyclic) bond motifs is 1. The molecule has 1 aromatic heterocycles. The quantitative estimate of drug-likeness (QED) is 0.805. The van der Waals surface area contributed by atoms with E-state index in [1.165, 1.54) is 6.92 Å². The van der Waals surface area contributed by atoms with Gasteiger partial charge in [-0.3, -0.25) is 4.79 Å². The van der Waals surface area contributed by atoms with Crippen LogP contribution in [0.15, 0.2) is 21.0 Å². The summed E-state index contributed by atoms with van der Waals surface area (Å²) in [6.45, 7) is 3.60. The molecule has 0 aliphatic heterocycles. The standard InChI is InChI=1S/C12H12BrNO2/c1-3-4-11-14-10-6-8(13)5-9(7(2)15)12(10)16-11/h5-6H,3-4H2,1-2H3. The molecule has 0 saturated heterocycles. The monoisotopic (exact) mass is 281 g/mol. The molecule has 0 unspecified atom stereocenters. The Hall–Kier alpha value is -1.16. The molecule has 0 bridgehead atoms. The van der Waals surface area contributed by atoms with Crippen LogP contribution in [0.1, 0.15) is 36.5 Å². The smallest absolute Gasteiger partial charge is 0.195 e. The second-order valence-corrected chi connectivity index (χ2v) is 4.63. The fourth-order valence-electron chi connectivity index (χ4n) is 1.63. The molecule has 1 heterocycles. The first kappa shape index (κ1) is 11.3. The summed E-state index contributed by atoms with van der Waals surface area (Å²) < 4.78 is 6.45. The van der Waals surface area contributed by atoms with Crippen LogP contribution in [0, 0.1) is 0 Å². The number of ketones is 1. The molecule has 0 saturated carbocycles. The van der Waals surface area contributed by atoms with Gasteiger partial charge in [0, 0.05) is 10.9 Å². The molecule has 3 nitrogen and oxygen atoms in total. The van der Waals surface area contributed by atoms with Crippen molar-refractivity contribution in [3.63, 3.8) is 0 Å². The SMILES string of the molecule is CCCc1nc2cc(Br)cc(C(C)=O)c2o1. The van der Waals surface area contributed by atoms with Crippen LogP contribution >= 0.6 is 15.9 Å². The molecule has 4 heteroatoms. The summed E-state index contributed by atoms with van der Waals surface area (Å²) in [5.74, 6) is 0.684. The molecule has 2 rings (SSSR count). The molecular formula is C12H12BrNO2. The third kappa shape index (κ3) is 2.02. The number of aryl methyl sites for hydroxylation is 1. The maximum absolute atomic E-state index is 11.5. The topological polar surface area (TPSA) is 43.1 Å². The number of aromatic nitrogens is 1. The van der Waals surface area contributed by atoms with Gasteiger partial charge in [-0.1, -0.05) is 22.9 Å². The highest BCUT2D eigenvalue weighted by Crippen LogP contribution is 2.25. The average Bonchev–Trinajstić information content (AvgIpc) is 2.59. The molecule has 0 fully saturated rings. The molecule has 2 aromatic rings. The highest BCUT2D eigenvalue weighted by molar-refractivity contribution is 9.10. The fourth-order valence-corrected chi connectivity index (χ4v) is 2.07. The third-order valence-corrected chi connectivity index (χ3v) is 2.80. The maximum Gasteiger partial charge on any atom is 0.195 e. The van der Waals surface area contributed by atoms with Crippen molar-refractivity contribution >= 4 is 32.8 Å². The van der Waals surface area contributed by atoms with Crippen LogP contribution in [-0.4, -0.2) is 10.8 Å². The number of rotatable bonds is 3. The van der Waals surface area contributed by atoms with E-state index in [-0.39, 0.29) is 5.78 Å². The number of oxazole rings is 1. The Morgan fingerprint density at radius 1 is 1.50 bits per heavy atom. The van der Waals surface area contributed by atoms with Gasteiger partial charge in [-0.2, -0.15) is 0 Å². The lowest BCUT2D eigenvalue weighted by atomic mass is 10.1. The Morgan fingerprint density at radius 3 is 2.88 bits per heavy atom. The van der Waals surface area contributed by atoms with Gasteiger partial charge in [0.15, 0.2) is 17.3 Å². The summed E-state index contributed by atoms with van der Waals surface area (Å²) in [6.07, 6.45) is 1.77. The van der Waals surface area contributed by atoms with E-state index >= 15 is 0 Å². The van der Waals surface area contributed by atoms with Gasteiger partial charge in [0.1, 0.15) is 5.52 Å². The Kier molecular flexibility index (Phi) is 3.10. The second kappa shape index (κ2) is 4.37. The van der Waals surface area contributed by atoms with E-state index in [0.29, 0.717) is 17.0 Å². The van der Waals surface area contributed by atoms with Crippen LogP contribution in [-0.2, 0) is 6.42 Å². The maximum atomic E-state index is 11.5. The van der Waals surface area contributed by atoms with Crippen LogP contribution < -0.4 is 0 Å². The first-order chi connectivity index (χ1) is 7.61. The minimum absolute atomic E-state index is 0.00880. The van der Waals surface area contributed by atoms with E-state index in [4.69, 9.17) is 4.42 Å². The predicted octanol–water partition coefficient (Wildman–Crippen LogP) is 3.75. The molecular weight excluding hydrogens is 270 g/mol. The molecule has 0 N–H and O–H groups in total. The van der Waals surface area contributed by atoms with Crippen molar-refractivity contribution in [2.75, 3.05) is 0 Å². The van der Waals surface area contributed by atoms with E-state index in [1.54, 1.807) is 6.07 Å². The van der Waals surface area contributed by atoms with Crippen molar-refractivity contribution in [2.24, 2.45) is 0 Å². The van der Waals surface area contributed by atoms with Crippen molar-refractivity contribution in [3.8, 4) is 0 Å². The Balaban J connectivity index is 2.65. The van der Waals surface area contributed by atoms with E-state index in [2.05, 4.69) is 27.8 Å². The van der Waals surface area contributed by atoms with E-state index in [0.717, 1.165) is 22.8 Å². The van der Waals surface area contributed by atoms with E-state index in [1.807, 2.05) is 6.07 Å². The summed E-state index contributed by atoms with van der Waals surface area (Å²) in [4.78, 5) is 15.8. The number of benzene rings is 1. The molecule has 0 atom stereocenters. The number of nitrogens with zero attached hydrogens (tertiary/aromatic N) is 1. The molecule has 0 amide bonds. The second-order valence-electron chi connectivity index (χ2n) is 3.72. The third-order valence-electron chi connectivity index (χ3n) is 2.34. The summed E-state index contributed by atoms with van der Waals surface area (Å²) in [7, 11) is 0. The first-order valence-corrected chi connectivity index (χ1v) is 6.01. The van der Waals surface area contributed by atoms with Crippen molar-refractivity contribution < 1.29 is 9.21 Å². The molecule has 0 radical (unpaired) electrons. The van der Waals surface area contributed by atoms with Crippen LogP contribution in [0.25, 0.3) is 11.1 Å². The highest BCUT2D eigenvalue weighted by atomic mass is 79.9. The van der Waals surface area contributed by atoms with Crippen molar-refractivity contribution in [1.82, 2.24) is 4.98 Å². The Bertz CT molecular complexity index is 545. The van der Waals surface area contributed by atoms with Crippen molar-refractivity contribution in [3.05, 3.63) is 28.1 Å². The Labute approximate surface area is 102 Å². The zero-order chi connectivity index (χ0) is 11.7. The van der Waals surface area contributed by atoms with Gasteiger partial charge in [-0.25, -0.2) is 4.98 Å². The molecule has 0 aliphatic rings. The number of Topliss-reactive ketones (excluding diaryl/α,β-unsaturated/α-hetero) is 1. The molecule has 1 aromatic carbocycles. The highest BCUT2D eigenvalue weighted by Gasteiger charge is 2.13. The summed E-state index contributed by atoms with van der Waals surface area (Å²) >= 11 is 3.37. The molecule has 16 heavy (non-hydrogen) atoms. The Morgan fingerprint density at radius 2 is 2.25 bits per heavy atom. The van der Waals surface area contributed by atoms with Crippen LogP contribution in [0.4, 0.5) is 0 Å². The van der Waals surface area contributed by atoms with Gasteiger partial charge in [0.25, 0.3) is 0 Å². The number of hydrogen-bond donors (Lipinski definition) is 0. The van der Waals surface area contributed by atoms with E-state index in [9.17, 15) is 4.79 Å². The summed E-state index contributed by atoms with van der Waals surface area (Å²) in [5, 5.41) is 0. The van der Waals surface area contributed by atoms with Crippen LogP contribution in [0.5, 0.6) is 0 Å². The lowest BCUT2D eigenvalue weighted by Crippen LogP contribution is -1.92. The van der Waals surface area contributed by atoms with Crippen molar-refractivity contribution in [2.45, 2.75) is 26.7 Å². The minimum Gasteiger partial charge on any atom is -0.440 e. The lowest BCUT2D eigenvalue weighted by Gasteiger charge is -1.97. The number of halogens is 1. The first-order valence-electron chi connectivity index (χ1n) is 5.21. The lowest BCUT2D eigenvalue weighted by molar-refractivity contribution is 0.101.